The molecule has 0 saturated carbocycles. The van der Waals surface area contributed by atoms with Crippen LogP contribution in [0.2, 0.25) is 0 Å². The van der Waals surface area contributed by atoms with Crippen LogP contribution in [0, 0.1) is 5.92 Å². The quantitative estimate of drug-likeness (QED) is 0.671. The highest BCUT2D eigenvalue weighted by Crippen LogP contribution is 2.19. The van der Waals surface area contributed by atoms with Crippen molar-refractivity contribution in [2.24, 2.45) is 11.7 Å². The summed E-state index contributed by atoms with van der Waals surface area (Å²) >= 11 is 0. The molecule has 4 heteroatoms. The van der Waals surface area contributed by atoms with Crippen molar-refractivity contribution in [3.63, 3.8) is 0 Å². The van der Waals surface area contributed by atoms with E-state index in [9.17, 15) is 4.79 Å². The summed E-state index contributed by atoms with van der Waals surface area (Å²) in [5.74, 6) is 0.886. The second-order valence-electron chi connectivity index (χ2n) is 5.84. The normalized spacial score (nSPS) is 20.1. The molecular formula is C16H32N2O2. The third-order valence-corrected chi connectivity index (χ3v) is 4.22. The number of hydrogen-bond donors (Lipinski definition) is 1. The lowest BCUT2D eigenvalue weighted by atomic mass is 9.94. The van der Waals surface area contributed by atoms with E-state index in [1.165, 1.54) is 12.8 Å². The summed E-state index contributed by atoms with van der Waals surface area (Å²) in [5, 5.41) is 0. The van der Waals surface area contributed by atoms with Crippen LogP contribution >= 0.6 is 0 Å². The molecule has 1 heterocycles. The molecule has 0 aromatic heterocycles. The van der Waals surface area contributed by atoms with E-state index in [0.29, 0.717) is 12.3 Å². The van der Waals surface area contributed by atoms with Gasteiger partial charge >= 0.3 is 0 Å². The van der Waals surface area contributed by atoms with E-state index < -0.39 is 0 Å². The van der Waals surface area contributed by atoms with Crippen LogP contribution in [-0.4, -0.2) is 43.2 Å². The molecule has 1 saturated heterocycles. The summed E-state index contributed by atoms with van der Waals surface area (Å²) in [6.07, 6.45) is 7.51. The largest absolute Gasteiger partial charge is 0.376 e. The van der Waals surface area contributed by atoms with Crippen LogP contribution in [0.5, 0.6) is 0 Å². The number of ether oxygens (including phenoxy) is 1. The van der Waals surface area contributed by atoms with Gasteiger partial charge in [0.05, 0.1) is 6.10 Å². The molecule has 4 nitrogen and oxygen atoms in total. The lowest BCUT2D eigenvalue weighted by molar-refractivity contribution is -0.132. The van der Waals surface area contributed by atoms with Crippen molar-refractivity contribution in [1.29, 1.82) is 0 Å². The smallest absolute Gasteiger partial charge is 0.222 e. The Kier molecular flexibility index (Phi) is 8.86. The Bertz CT molecular complexity index is 259. The average molecular weight is 284 g/mol. The van der Waals surface area contributed by atoms with Crippen molar-refractivity contribution in [3.05, 3.63) is 0 Å². The Morgan fingerprint density at radius 3 is 2.70 bits per heavy atom. The first-order valence-corrected chi connectivity index (χ1v) is 8.30. The number of amides is 1. The van der Waals surface area contributed by atoms with E-state index in [4.69, 9.17) is 10.5 Å². The minimum atomic E-state index is 0.259. The number of rotatable bonds is 10. The van der Waals surface area contributed by atoms with Gasteiger partial charge in [0.25, 0.3) is 0 Å². The number of nitrogens with zero attached hydrogens (tertiary/aromatic N) is 1. The molecule has 0 aliphatic carbocycles. The maximum Gasteiger partial charge on any atom is 0.222 e. The third kappa shape index (κ3) is 6.23. The van der Waals surface area contributed by atoms with E-state index in [-0.39, 0.29) is 12.0 Å². The zero-order valence-corrected chi connectivity index (χ0v) is 13.3. The number of hydrogen-bond acceptors (Lipinski definition) is 3. The number of carbonyl (C=O) groups excluding carboxylic acids is 1. The second kappa shape index (κ2) is 10.2. The monoisotopic (exact) mass is 284 g/mol. The lowest BCUT2D eigenvalue weighted by Gasteiger charge is -2.25. The molecular weight excluding hydrogens is 252 g/mol. The van der Waals surface area contributed by atoms with E-state index in [1.54, 1.807) is 0 Å². The van der Waals surface area contributed by atoms with Crippen molar-refractivity contribution < 1.29 is 9.53 Å². The fourth-order valence-electron chi connectivity index (χ4n) is 3.00. The summed E-state index contributed by atoms with van der Waals surface area (Å²) < 4.78 is 5.63. The van der Waals surface area contributed by atoms with Crippen LogP contribution in [0.3, 0.4) is 0 Å². The first-order valence-electron chi connectivity index (χ1n) is 8.30. The number of likely N-dealkylation sites (N-methyl/N-ethyl adjacent to an activating group) is 1. The molecule has 1 aliphatic rings. The maximum atomic E-state index is 12.3. The molecule has 0 radical (unpaired) electrons. The highest BCUT2D eigenvalue weighted by Gasteiger charge is 2.21. The fraction of sp³-hybridized carbons (Fsp3) is 0.938. The molecule has 20 heavy (non-hydrogen) atoms. The molecule has 1 fully saturated rings. The predicted octanol–water partition coefficient (Wildman–Crippen LogP) is 2.56. The van der Waals surface area contributed by atoms with Gasteiger partial charge in [-0.15, -0.1) is 0 Å². The summed E-state index contributed by atoms with van der Waals surface area (Å²) in [4.78, 5) is 14.3. The molecule has 0 bridgehead atoms. The topological polar surface area (TPSA) is 55.6 Å². The van der Waals surface area contributed by atoms with Gasteiger partial charge in [0, 0.05) is 26.1 Å². The molecule has 0 spiro atoms. The van der Waals surface area contributed by atoms with Gasteiger partial charge in [-0.1, -0.05) is 19.8 Å². The molecule has 118 valence electrons. The molecule has 1 amide bonds. The highest BCUT2D eigenvalue weighted by atomic mass is 16.5. The van der Waals surface area contributed by atoms with Crippen molar-refractivity contribution in [3.8, 4) is 0 Å². The first-order chi connectivity index (χ1) is 9.71. The molecule has 2 atom stereocenters. The van der Waals surface area contributed by atoms with Crippen LogP contribution in [0.15, 0.2) is 0 Å². The van der Waals surface area contributed by atoms with Gasteiger partial charge in [-0.25, -0.2) is 0 Å². The van der Waals surface area contributed by atoms with Gasteiger partial charge in [-0.2, -0.15) is 0 Å². The van der Waals surface area contributed by atoms with Crippen molar-refractivity contribution in [2.75, 3.05) is 26.2 Å². The molecule has 0 aromatic rings. The molecule has 2 N–H and O–H groups in total. The van der Waals surface area contributed by atoms with E-state index in [2.05, 4.69) is 13.8 Å². The van der Waals surface area contributed by atoms with E-state index >= 15 is 0 Å². The standard InChI is InChI=1S/C16H32N2O2/c1-3-6-14(10-11-17)8-9-16(19)18(4-2)13-15-7-5-12-20-15/h14-15H,3-13,17H2,1-2H3. The minimum absolute atomic E-state index is 0.259. The van der Waals surface area contributed by atoms with E-state index in [1.807, 2.05) is 4.90 Å². The molecule has 1 aliphatic heterocycles. The Morgan fingerprint density at radius 1 is 1.35 bits per heavy atom. The molecule has 2 unspecified atom stereocenters. The SMILES string of the molecule is CCCC(CCN)CCC(=O)N(CC)CC1CCCO1. The fourth-order valence-corrected chi connectivity index (χ4v) is 3.00. The Balaban J connectivity index is 2.33. The average Bonchev–Trinajstić information content (AvgIpc) is 2.95. The number of carbonyl (C=O) groups is 1. The van der Waals surface area contributed by atoms with Crippen LogP contribution in [0.25, 0.3) is 0 Å². The van der Waals surface area contributed by atoms with Crippen LogP contribution < -0.4 is 5.73 Å². The Morgan fingerprint density at radius 2 is 2.15 bits per heavy atom. The predicted molar refractivity (Wildman–Crippen MR) is 82.5 cm³/mol. The molecule has 0 aromatic carbocycles. The zero-order valence-electron chi connectivity index (χ0n) is 13.3. The first kappa shape index (κ1) is 17.4. The van der Waals surface area contributed by atoms with Crippen molar-refractivity contribution in [2.45, 2.75) is 64.9 Å². The lowest BCUT2D eigenvalue weighted by Crippen LogP contribution is -2.37. The Hall–Kier alpha value is -0.610. The summed E-state index contributed by atoms with van der Waals surface area (Å²) in [6, 6.07) is 0. The minimum Gasteiger partial charge on any atom is -0.376 e. The van der Waals surface area contributed by atoms with Gasteiger partial charge in [-0.05, 0) is 45.1 Å². The van der Waals surface area contributed by atoms with Crippen LogP contribution in [0.4, 0.5) is 0 Å². The maximum absolute atomic E-state index is 12.3. The van der Waals surface area contributed by atoms with Crippen molar-refractivity contribution in [1.82, 2.24) is 4.90 Å². The van der Waals surface area contributed by atoms with Crippen LogP contribution in [0.1, 0.15) is 58.8 Å². The summed E-state index contributed by atoms with van der Waals surface area (Å²) in [7, 11) is 0. The van der Waals surface area contributed by atoms with Crippen molar-refractivity contribution >= 4 is 5.91 Å². The molecule has 1 rings (SSSR count). The third-order valence-electron chi connectivity index (χ3n) is 4.22. The van der Waals surface area contributed by atoms with Gasteiger partial charge in [0.2, 0.25) is 5.91 Å². The van der Waals surface area contributed by atoms with Gasteiger partial charge in [-0.3, -0.25) is 4.79 Å². The van der Waals surface area contributed by atoms with Gasteiger partial charge in [0.15, 0.2) is 0 Å². The van der Waals surface area contributed by atoms with Crippen LogP contribution in [-0.2, 0) is 9.53 Å². The van der Waals surface area contributed by atoms with Gasteiger partial charge in [0.1, 0.15) is 0 Å². The van der Waals surface area contributed by atoms with Gasteiger partial charge < -0.3 is 15.4 Å². The zero-order chi connectivity index (χ0) is 14.8. The second-order valence-corrected chi connectivity index (χ2v) is 5.84. The highest BCUT2D eigenvalue weighted by molar-refractivity contribution is 5.76. The van der Waals surface area contributed by atoms with E-state index in [0.717, 1.165) is 51.9 Å². The summed E-state index contributed by atoms with van der Waals surface area (Å²) in [6.45, 7) is 7.38. The number of nitrogens with two attached hydrogens (primary N) is 1. The Labute approximate surface area is 124 Å². The summed E-state index contributed by atoms with van der Waals surface area (Å²) in [5.41, 5.74) is 5.65.